The van der Waals surface area contributed by atoms with Gasteiger partial charge in [-0.3, -0.25) is 4.79 Å². The summed E-state index contributed by atoms with van der Waals surface area (Å²) in [7, 11) is 3.13. The van der Waals surface area contributed by atoms with Gasteiger partial charge in [0.25, 0.3) is 0 Å². The number of thiazole rings is 1. The van der Waals surface area contributed by atoms with E-state index in [1.165, 1.54) is 11.3 Å². The lowest BCUT2D eigenvalue weighted by atomic mass is 10.0. The van der Waals surface area contributed by atoms with Crippen molar-refractivity contribution in [2.24, 2.45) is 5.92 Å². The summed E-state index contributed by atoms with van der Waals surface area (Å²) in [4.78, 5) is 27.8. The van der Waals surface area contributed by atoms with Crippen molar-refractivity contribution in [1.82, 2.24) is 10.3 Å². The first-order chi connectivity index (χ1) is 12.3. The minimum Gasteiger partial charge on any atom is -0.493 e. The van der Waals surface area contributed by atoms with Crippen LogP contribution < -0.4 is 14.8 Å². The summed E-state index contributed by atoms with van der Waals surface area (Å²) in [6.45, 7) is 3.49. The van der Waals surface area contributed by atoms with E-state index >= 15 is 0 Å². The fraction of sp³-hybridized carbons (Fsp3) is 0.389. The highest BCUT2D eigenvalue weighted by atomic mass is 32.1. The SMILES string of the molecule is COc1ccc(-c2nc(CC(=O)NC(C(=O)O)C(C)C)cs2)cc1OC. The van der Waals surface area contributed by atoms with Gasteiger partial charge in [-0.15, -0.1) is 11.3 Å². The fourth-order valence-corrected chi connectivity index (χ4v) is 3.21. The highest BCUT2D eigenvalue weighted by Crippen LogP contribution is 2.33. The van der Waals surface area contributed by atoms with Gasteiger partial charge < -0.3 is 19.9 Å². The van der Waals surface area contributed by atoms with Gasteiger partial charge in [0.1, 0.15) is 11.0 Å². The molecule has 1 atom stereocenters. The summed E-state index contributed by atoms with van der Waals surface area (Å²) in [5.41, 5.74) is 1.44. The smallest absolute Gasteiger partial charge is 0.326 e. The highest BCUT2D eigenvalue weighted by Gasteiger charge is 2.23. The van der Waals surface area contributed by atoms with Gasteiger partial charge >= 0.3 is 5.97 Å². The Bertz CT molecular complexity index is 788. The van der Waals surface area contributed by atoms with Crippen molar-refractivity contribution in [2.45, 2.75) is 26.3 Å². The maximum absolute atomic E-state index is 12.1. The number of nitrogens with zero attached hydrogens (tertiary/aromatic N) is 1. The quantitative estimate of drug-likeness (QED) is 0.733. The van der Waals surface area contributed by atoms with Crippen molar-refractivity contribution in [3.8, 4) is 22.1 Å². The molecule has 0 saturated carbocycles. The van der Waals surface area contributed by atoms with Crippen LogP contribution in [0.25, 0.3) is 10.6 Å². The second-order valence-corrected chi connectivity index (χ2v) is 6.88. The van der Waals surface area contributed by atoms with Crippen LogP contribution in [0.15, 0.2) is 23.6 Å². The molecule has 0 spiro atoms. The number of carbonyl (C=O) groups excluding carboxylic acids is 1. The average Bonchev–Trinajstić information content (AvgIpc) is 3.06. The molecule has 0 fully saturated rings. The molecular formula is C18H22N2O5S. The normalized spacial score (nSPS) is 11.9. The number of nitrogens with one attached hydrogen (secondary N) is 1. The van der Waals surface area contributed by atoms with E-state index in [2.05, 4.69) is 10.3 Å². The van der Waals surface area contributed by atoms with Crippen LogP contribution in [0.4, 0.5) is 0 Å². The molecule has 0 saturated heterocycles. The zero-order chi connectivity index (χ0) is 19.3. The van der Waals surface area contributed by atoms with E-state index in [4.69, 9.17) is 14.6 Å². The van der Waals surface area contributed by atoms with E-state index in [1.807, 2.05) is 12.1 Å². The van der Waals surface area contributed by atoms with E-state index in [9.17, 15) is 9.59 Å². The molecule has 1 aromatic heterocycles. The molecule has 2 aromatic rings. The first-order valence-corrected chi connectivity index (χ1v) is 8.92. The number of hydrogen-bond acceptors (Lipinski definition) is 6. The zero-order valence-corrected chi connectivity index (χ0v) is 15.9. The van der Waals surface area contributed by atoms with Crippen LogP contribution in [0.3, 0.4) is 0 Å². The Labute approximate surface area is 156 Å². The number of carboxylic acid groups (broad SMARTS) is 1. The van der Waals surface area contributed by atoms with E-state index < -0.39 is 12.0 Å². The molecule has 0 aliphatic rings. The number of ether oxygens (including phenoxy) is 2. The molecule has 2 N–H and O–H groups in total. The predicted octanol–water partition coefficient (Wildman–Crippen LogP) is 2.60. The van der Waals surface area contributed by atoms with Gasteiger partial charge in [-0.1, -0.05) is 13.8 Å². The van der Waals surface area contributed by atoms with E-state index in [0.717, 1.165) is 10.6 Å². The Morgan fingerprint density at radius 2 is 1.92 bits per heavy atom. The van der Waals surface area contributed by atoms with Crippen molar-refractivity contribution in [2.75, 3.05) is 14.2 Å². The number of methoxy groups -OCH3 is 2. The van der Waals surface area contributed by atoms with Crippen LogP contribution in [-0.4, -0.2) is 42.2 Å². The van der Waals surface area contributed by atoms with Gasteiger partial charge in [-0.25, -0.2) is 9.78 Å². The molecule has 1 aromatic carbocycles. The number of hydrogen-bond donors (Lipinski definition) is 2. The van der Waals surface area contributed by atoms with Gasteiger partial charge in [0.05, 0.1) is 26.3 Å². The summed E-state index contributed by atoms with van der Waals surface area (Å²) < 4.78 is 10.5. The summed E-state index contributed by atoms with van der Waals surface area (Å²) in [6, 6.07) is 4.57. The number of aromatic nitrogens is 1. The van der Waals surface area contributed by atoms with Crippen LogP contribution in [0, 0.1) is 5.92 Å². The van der Waals surface area contributed by atoms with Crippen molar-refractivity contribution >= 4 is 23.2 Å². The molecular weight excluding hydrogens is 356 g/mol. The number of aliphatic carboxylic acids is 1. The van der Waals surface area contributed by atoms with Gasteiger partial charge in [0.2, 0.25) is 5.91 Å². The summed E-state index contributed by atoms with van der Waals surface area (Å²) in [6.07, 6.45) is 0.0281. The second kappa shape index (κ2) is 8.66. The first kappa shape index (κ1) is 19.7. The van der Waals surface area contributed by atoms with E-state index in [1.54, 1.807) is 39.5 Å². The van der Waals surface area contributed by atoms with Crippen molar-refractivity contribution in [3.63, 3.8) is 0 Å². The summed E-state index contributed by atoms with van der Waals surface area (Å²) in [5, 5.41) is 14.2. The average molecular weight is 378 g/mol. The van der Waals surface area contributed by atoms with Crippen LogP contribution in [0.2, 0.25) is 0 Å². The van der Waals surface area contributed by atoms with Crippen molar-refractivity contribution in [3.05, 3.63) is 29.3 Å². The van der Waals surface area contributed by atoms with E-state index in [0.29, 0.717) is 17.2 Å². The Kier molecular flexibility index (Phi) is 6.57. The molecule has 1 amide bonds. The predicted molar refractivity (Wildman–Crippen MR) is 98.8 cm³/mol. The Morgan fingerprint density at radius 3 is 2.50 bits per heavy atom. The molecule has 26 heavy (non-hydrogen) atoms. The molecule has 140 valence electrons. The number of benzene rings is 1. The lowest BCUT2D eigenvalue weighted by Crippen LogP contribution is -2.44. The molecule has 1 unspecified atom stereocenters. The number of carboxylic acids is 1. The summed E-state index contributed by atoms with van der Waals surface area (Å²) >= 11 is 1.40. The molecule has 8 heteroatoms. The first-order valence-electron chi connectivity index (χ1n) is 8.04. The Balaban J connectivity index is 2.10. The molecule has 7 nitrogen and oxygen atoms in total. The number of carbonyl (C=O) groups is 2. The number of amides is 1. The maximum Gasteiger partial charge on any atom is 0.326 e. The summed E-state index contributed by atoms with van der Waals surface area (Å²) in [5.74, 6) is -0.386. The van der Waals surface area contributed by atoms with Crippen LogP contribution in [-0.2, 0) is 16.0 Å². The minimum absolute atomic E-state index is 0.0281. The lowest BCUT2D eigenvalue weighted by molar-refractivity contribution is -0.143. The van der Waals surface area contributed by atoms with Crippen LogP contribution >= 0.6 is 11.3 Å². The third-order valence-corrected chi connectivity index (χ3v) is 4.71. The van der Waals surface area contributed by atoms with Crippen molar-refractivity contribution < 1.29 is 24.2 Å². The Morgan fingerprint density at radius 1 is 1.23 bits per heavy atom. The molecule has 0 aliphatic heterocycles. The van der Waals surface area contributed by atoms with Gasteiger partial charge in [0.15, 0.2) is 11.5 Å². The fourth-order valence-electron chi connectivity index (χ4n) is 2.39. The third-order valence-electron chi connectivity index (χ3n) is 3.77. The van der Waals surface area contributed by atoms with E-state index in [-0.39, 0.29) is 18.2 Å². The maximum atomic E-state index is 12.1. The molecule has 2 rings (SSSR count). The largest absolute Gasteiger partial charge is 0.493 e. The van der Waals surface area contributed by atoms with Crippen molar-refractivity contribution in [1.29, 1.82) is 0 Å². The van der Waals surface area contributed by atoms with Gasteiger partial charge in [-0.05, 0) is 24.1 Å². The van der Waals surface area contributed by atoms with Gasteiger partial charge in [-0.2, -0.15) is 0 Å². The van der Waals surface area contributed by atoms with Gasteiger partial charge in [0, 0.05) is 10.9 Å². The molecule has 0 aliphatic carbocycles. The van der Waals surface area contributed by atoms with Crippen LogP contribution in [0.5, 0.6) is 11.5 Å². The van der Waals surface area contributed by atoms with Crippen LogP contribution in [0.1, 0.15) is 19.5 Å². The lowest BCUT2D eigenvalue weighted by Gasteiger charge is -2.17. The molecule has 0 bridgehead atoms. The minimum atomic E-state index is -1.04. The number of rotatable bonds is 8. The zero-order valence-electron chi connectivity index (χ0n) is 15.1. The Hall–Kier alpha value is -2.61. The highest BCUT2D eigenvalue weighted by molar-refractivity contribution is 7.13. The third kappa shape index (κ3) is 4.72. The molecule has 0 radical (unpaired) electrons. The monoisotopic (exact) mass is 378 g/mol. The molecule has 1 heterocycles. The second-order valence-electron chi connectivity index (χ2n) is 6.02. The topological polar surface area (TPSA) is 97.8 Å². The standard InChI is InChI=1S/C18H22N2O5S/c1-10(2)16(18(22)23)20-15(21)8-12-9-26-17(19-12)11-5-6-13(24-3)14(7-11)25-4/h5-7,9-10,16H,8H2,1-4H3,(H,20,21)(H,22,23).